The first kappa shape index (κ1) is 25.0. The third-order valence-corrected chi connectivity index (χ3v) is 6.58. The van der Waals surface area contributed by atoms with Crippen LogP contribution in [0.5, 0.6) is 0 Å². The van der Waals surface area contributed by atoms with E-state index in [1.54, 1.807) is 30.5 Å². The Morgan fingerprint density at radius 1 is 1.12 bits per heavy atom. The maximum atomic E-state index is 13.1. The molecule has 1 amide bonds. The fourth-order valence-electron chi connectivity index (χ4n) is 2.89. The Balaban J connectivity index is 2.16. The van der Waals surface area contributed by atoms with Gasteiger partial charge in [0, 0.05) is 5.56 Å². The van der Waals surface area contributed by atoms with Crippen LogP contribution >= 0.6 is 11.8 Å². The fraction of sp³-hybridized carbons (Fsp3) is 0.143. The Hall–Kier alpha value is -3.63. The number of benzene rings is 2. The number of rotatable bonds is 5. The standard InChI is InChI=1S/C21H15F3N4O4S2/c1-12-3-7-14(8-4-12)28-17(26-18(33-2)16(11-25)19(28)29)13-5-9-15(10-6-13)34(31,32)27-20(30)21(22,23)24/h3-10H,1-2H3,(H,27,30). The maximum Gasteiger partial charge on any atom is 0.472 e. The van der Waals surface area contributed by atoms with E-state index in [1.165, 1.54) is 16.7 Å². The van der Waals surface area contributed by atoms with Crippen molar-refractivity contribution in [3.63, 3.8) is 0 Å². The van der Waals surface area contributed by atoms with Crippen molar-refractivity contribution in [2.75, 3.05) is 6.26 Å². The molecule has 13 heteroatoms. The first-order valence-electron chi connectivity index (χ1n) is 9.31. The lowest BCUT2D eigenvalue weighted by atomic mass is 10.1. The summed E-state index contributed by atoms with van der Waals surface area (Å²) in [5, 5.41) is 9.62. The molecule has 34 heavy (non-hydrogen) atoms. The van der Waals surface area contributed by atoms with Gasteiger partial charge in [0.25, 0.3) is 15.6 Å². The van der Waals surface area contributed by atoms with Crippen molar-refractivity contribution in [2.24, 2.45) is 0 Å². The molecule has 0 aliphatic heterocycles. The van der Waals surface area contributed by atoms with Gasteiger partial charge in [-0.2, -0.15) is 18.4 Å². The number of halogens is 3. The van der Waals surface area contributed by atoms with E-state index in [1.807, 2.05) is 13.0 Å². The molecule has 1 aromatic heterocycles. The van der Waals surface area contributed by atoms with Crippen LogP contribution in [0, 0.1) is 18.3 Å². The zero-order valence-corrected chi connectivity index (χ0v) is 19.2. The number of aromatic nitrogens is 2. The number of aryl methyl sites for hydroxylation is 1. The van der Waals surface area contributed by atoms with Crippen molar-refractivity contribution in [1.29, 1.82) is 5.26 Å². The summed E-state index contributed by atoms with van der Waals surface area (Å²) in [5.74, 6) is -2.54. The molecular weight excluding hydrogens is 493 g/mol. The lowest BCUT2D eigenvalue weighted by Gasteiger charge is -2.15. The third kappa shape index (κ3) is 4.97. The summed E-state index contributed by atoms with van der Waals surface area (Å²) in [6.07, 6.45) is -3.75. The molecule has 3 aromatic rings. The molecule has 0 unspecified atom stereocenters. The predicted octanol–water partition coefficient (Wildman–Crippen LogP) is 3.17. The minimum Gasteiger partial charge on any atom is -0.267 e. The maximum absolute atomic E-state index is 13.1. The van der Waals surface area contributed by atoms with Crippen LogP contribution in [0.15, 0.2) is 63.2 Å². The lowest BCUT2D eigenvalue weighted by Crippen LogP contribution is -2.40. The monoisotopic (exact) mass is 508 g/mol. The number of sulfonamides is 1. The Kier molecular flexibility index (Phi) is 6.85. The van der Waals surface area contributed by atoms with Crippen LogP contribution in [0.1, 0.15) is 11.1 Å². The quantitative estimate of drug-likeness (QED) is 0.415. The number of nitriles is 1. The van der Waals surface area contributed by atoms with Gasteiger partial charge in [-0.05, 0) is 49.6 Å². The second-order valence-electron chi connectivity index (χ2n) is 6.86. The molecule has 0 atom stereocenters. The molecule has 0 radical (unpaired) electrons. The third-order valence-electron chi connectivity index (χ3n) is 4.55. The van der Waals surface area contributed by atoms with E-state index in [9.17, 15) is 36.4 Å². The molecule has 8 nitrogen and oxygen atoms in total. The number of carbonyl (C=O) groups is 1. The highest BCUT2D eigenvalue weighted by Gasteiger charge is 2.41. The molecule has 0 saturated heterocycles. The minimum atomic E-state index is -5.38. The number of carbonyl (C=O) groups excluding carboxylic acids is 1. The van der Waals surface area contributed by atoms with Crippen LogP contribution in [0.25, 0.3) is 17.1 Å². The highest BCUT2D eigenvalue weighted by molar-refractivity contribution is 7.98. The molecule has 0 spiro atoms. The number of nitrogens with zero attached hydrogens (tertiary/aromatic N) is 3. The highest BCUT2D eigenvalue weighted by atomic mass is 32.2. The molecule has 0 saturated carbocycles. The minimum absolute atomic E-state index is 0.0838. The Labute approximate surface area is 196 Å². The number of hydrogen-bond donors (Lipinski definition) is 1. The average molecular weight is 509 g/mol. The van der Waals surface area contributed by atoms with Gasteiger partial charge in [0.1, 0.15) is 22.5 Å². The number of amides is 1. The zero-order chi connectivity index (χ0) is 25.3. The topological polar surface area (TPSA) is 122 Å². The van der Waals surface area contributed by atoms with Gasteiger partial charge in [-0.1, -0.05) is 17.7 Å². The summed E-state index contributed by atoms with van der Waals surface area (Å²) in [5.41, 5.74) is 0.749. The number of nitrogens with one attached hydrogen (secondary N) is 1. The van der Waals surface area contributed by atoms with E-state index in [2.05, 4.69) is 4.98 Å². The Morgan fingerprint density at radius 2 is 1.71 bits per heavy atom. The molecule has 1 N–H and O–H groups in total. The molecule has 0 aliphatic rings. The van der Waals surface area contributed by atoms with Gasteiger partial charge >= 0.3 is 12.1 Å². The van der Waals surface area contributed by atoms with Gasteiger partial charge in [-0.25, -0.2) is 18.1 Å². The average Bonchev–Trinajstić information content (AvgIpc) is 2.78. The van der Waals surface area contributed by atoms with Crippen LogP contribution in [0.2, 0.25) is 0 Å². The Morgan fingerprint density at radius 3 is 2.21 bits per heavy atom. The van der Waals surface area contributed by atoms with E-state index < -0.39 is 32.6 Å². The summed E-state index contributed by atoms with van der Waals surface area (Å²) in [7, 11) is -4.80. The smallest absolute Gasteiger partial charge is 0.267 e. The highest BCUT2D eigenvalue weighted by Crippen LogP contribution is 2.26. The van der Waals surface area contributed by atoms with Gasteiger partial charge in [-0.3, -0.25) is 14.2 Å². The van der Waals surface area contributed by atoms with Gasteiger partial charge in [0.15, 0.2) is 0 Å². The van der Waals surface area contributed by atoms with Crippen molar-refractivity contribution in [2.45, 2.75) is 23.0 Å². The number of thioether (sulfide) groups is 1. The molecule has 0 bridgehead atoms. The van der Waals surface area contributed by atoms with Crippen molar-refractivity contribution in [1.82, 2.24) is 14.3 Å². The van der Waals surface area contributed by atoms with Gasteiger partial charge < -0.3 is 0 Å². The molecule has 176 valence electrons. The van der Waals surface area contributed by atoms with E-state index in [0.717, 1.165) is 34.2 Å². The van der Waals surface area contributed by atoms with E-state index in [4.69, 9.17) is 0 Å². The zero-order valence-electron chi connectivity index (χ0n) is 17.5. The van der Waals surface area contributed by atoms with Crippen LogP contribution in [0.4, 0.5) is 13.2 Å². The molecule has 1 heterocycles. The summed E-state index contributed by atoms with van der Waals surface area (Å²) in [6, 6.07) is 13.1. The molecule has 2 aromatic carbocycles. The summed E-state index contributed by atoms with van der Waals surface area (Å²) >= 11 is 1.07. The normalized spacial score (nSPS) is 11.6. The van der Waals surface area contributed by atoms with Crippen LogP contribution in [0.3, 0.4) is 0 Å². The summed E-state index contributed by atoms with van der Waals surface area (Å²) in [4.78, 5) is 28.0. The Bertz CT molecular complexity index is 1460. The second-order valence-corrected chi connectivity index (χ2v) is 9.34. The lowest BCUT2D eigenvalue weighted by molar-refractivity contribution is -0.171. The van der Waals surface area contributed by atoms with E-state index in [0.29, 0.717) is 5.69 Å². The summed E-state index contributed by atoms with van der Waals surface area (Å²) < 4.78 is 63.8. The predicted molar refractivity (Wildman–Crippen MR) is 118 cm³/mol. The van der Waals surface area contributed by atoms with Crippen molar-refractivity contribution in [3.8, 4) is 23.1 Å². The van der Waals surface area contributed by atoms with Crippen LogP contribution in [-0.2, 0) is 14.8 Å². The number of alkyl halides is 3. The van der Waals surface area contributed by atoms with Gasteiger partial charge in [0.05, 0.1) is 10.6 Å². The SMILES string of the molecule is CSc1nc(-c2ccc(S(=O)(=O)NC(=O)C(F)(F)F)cc2)n(-c2ccc(C)cc2)c(=O)c1C#N. The summed E-state index contributed by atoms with van der Waals surface area (Å²) in [6.45, 7) is 1.85. The van der Waals surface area contributed by atoms with E-state index >= 15 is 0 Å². The molecule has 3 rings (SSSR count). The molecule has 0 aliphatic carbocycles. The second kappa shape index (κ2) is 9.32. The number of hydrogen-bond acceptors (Lipinski definition) is 7. The van der Waals surface area contributed by atoms with Crippen molar-refractivity contribution in [3.05, 3.63) is 70.0 Å². The van der Waals surface area contributed by atoms with Crippen molar-refractivity contribution >= 4 is 27.7 Å². The first-order valence-corrected chi connectivity index (χ1v) is 12.0. The molecular formula is C21H15F3N4O4S2. The van der Waals surface area contributed by atoms with Gasteiger partial charge in [0.2, 0.25) is 0 Å². The van der Waals surface area contributed by atoms with Gasteiger partial charge in [-0.15, -0.1) is 11.8 Å². The fourth-order valence-corrected chi connectivity index (χ4v) is 4.38. The largest absolute Gasteiger partial charge is 0.472 e. The van der Waals surface area contributed by atoms with E-state index in [-0.39, 0.29) is 22.0 Å². The van der Waals surface area contributed by atoms with Crippen LogP contribution < -0.4 is 10.3 Å². The first-order chi connectivity index (χ1) is 15.9. The van der Waals surface area contributed by atoms with Crippen molar-refractivity contribution < 1.29 is 26.4 Å². The van der Waals surface area contributed by atoms with Crippen LogP contribution in [-0.4, -0.2) is 36.3 Å². The molecule has 0 fully saturated rings.